The molecule has 1 atom stereocenters. The number of amides is 1. The molecule has 0 spiro atoms. The van der Waals surface area contributed by atoms with Crippen molar-refractivity contribution >= 4 is 34.4 Å². The maximum atomic E-state index is 11.7. The number of alkyl halides is 1. The van der Waals surface area contributed by atoms with Gasteiger partial charge in [-0.3, -0.25) is 4.90 Å². The maximum Gasteiger partial charge on any atom is 0.414 e. The standard InChI is InChI=1S/C12H14INO2/c1-8-4-3-5-9(2)11(8)14-7-10(6-13)16-12(14)15/h3-5,10H,6-7H2,1-2H3. The molecule has 86 valence electrons. The summed E-state index contributed by atoms with van der Waals surface area (Å²) >= 11 is 2.24. The van der Waals surface area contributed by atoms with Gasteiger partial charge in [0, 0.05) is 4.43 Å². The quantitative estimate of drug-likeness (QED) is 0.616. The van der Waals surface area contributed by atoms with E-state index in [0.717, 1.165) is 21.2 Å². The van der Waals surface area contributed by atoms with Crippen LogP contribution >= 0.6 is 22.6 Å². The fraction of sp³-hybridized carbons (Fsp3) is 0.417. The van der Waals surface area contributed by atoms with Crippen LogP contribution in [0, 0.1) is 13.8 Å². The molecule has 1 aromatic rings. The Morgan fingerprint density at radius 2 is 2.06 bits per heavy atom. The van der Waals surface area contributed by atoms with Gasteiger partial charge in [-0.25, -0.2) is 4.79 Å². The lowest BCUT2D eigenvalue weighted by Crippen LogP contribution is -2.26. The molecule has 1 heterocycles. The summed E-state index contributed by atoms with van der Waals surface area (Å²) < 4.78 is 6.11. The molecule has 16 heavy (non-hydrogen) atoms. The average molecular weight is 331 g/mol. The number of cyclic esters (lactones) is 1. The molecule has 0 radical (unpaired) electrons. The van der Waals surface area contributed by atoms with Crippen LogP contribution in [0.5, 0.6) is 0 Å². The predicted octanol–water partition coefficient (Wildman–Crippen LogP) is 3.06. The Morgan fingerprint density at radius 3 is 2.56 bits per heavy atom. The van der Waals surface area contributed by atoms with Crippen molar-refractivity contribution in [3.05, 3.63) is 29.3 Å². The summed E-state index contributed by atoms with van der Waals surface area (Å²) in [4.78, 5) is 13.5. The minimum atomic E-state index is -0.223. The topological polar surface area (TPSA) is 29.5 Å². The average Bonchev–Trinajstić information content (AvgIpc) is 2.60. The number of hydrogen-bond acceptors (Lipinski definition) is 2. The minimum Gasteiger partial charge on any atom is -0.443 e. The largest absolute Gasteiger partial charge is 0.443 e. The van der Waals surface area contributed by atoms with Crippen molar-refractivity contribution in [1.29, 1.82) is 0 Å². The number of para-hydroxylation sites is 1. The number of hydrogen-bond donors (Lipinski definition) is 0. The number of rotatable bonds is 2. The highest BCUT2D eigenvalue weighted by Gasteiger charge is 2.32. The van der Waals surface area contributed by atoms with E-state index < -0.39 is 0 Å². The Balaban J connectivity index is 2.35. The van der Waals surface area contributed by atoms with Crippen molar-refractivity contribution in [1.82, 2.24) is 0 Å². The summed E-state index contributed by atoms with van der Waals surface area (Å²) in [5, 5.41) is 0. The van der Waals surface area contributed by atoms with Gasteiger partial charge in [-0.05, 0) is 25.0 Å². The molecule has 1 fully saturated rings. The number of aryl methyl sites for hydroxylation is 2. The second-order valence-corrected chi connectivity index (χ2v) is 4.89. The maximum absolute atomic E-state index is 11.7. The van der Waals surface area contributed by atoms with E-state index in [4.69, 9.17) is 4.74 Å². The van der Waals surface area contributed by atoms with Gasteiger partial charge in [0.1, 0.15) is 6.10 Å². The van der Waals surface area contributed by atoms with Crippen molar-refractivity contribution in [3.63, 3.8) is 0 Å². The van der Waals surface area contributed by atoms with Crippen LogP contribution in [0.1, 0.15) is 11.1 Å². The molecular weight excluding hydrogens is 317 g/mol. The van der Waals surface area contributed by atoms with E-state index in [0.29, 0.717) is 6.54 Å². The lowest BCUT2D eigenvalue weighted by atomic mass is 10.1. The molecule has 1 aromatic carbocycles. The number of nitrogens with zero attached hydrogens (tertiary/aromatic N) is 1. The first-order valence-electron chi connectivity index (χ1n) is 5.24. The fourth-order valence-corrected chi connectivity index (χ4v) is 2.47. The molecule has 2 rings (SSSR count). The molecule has 3 nitrogen and oxygen atoms in total. The molecule has 1 unspecified atom stereocenters. The third-order valence-corrected chi connectivity index (χ3v) is 3.74. The van der Waals surface area contributed by atoms with Gasteiger partial charge in [-0.1, -0.05) is 40.8 Å². The van der Waals surface area contributed by atoms with Gasteiger partial charge in [-0.15, -0.1) is 0 Å². The third-order valence-electron chi connectivity index (χ3n) is 2.76. The van der Waals surface area contributed by atoms with Crippen LogP contribution in [0.3, 0.4) is 0 Å². The zero-order chi connectivity index (χ0) is 11.7. The zero-order valence-corrected chi connectivity index (χ0v) is 11.5. The zero-order valence-electron chi connectivity index (χ0n) is 9.37. The smallest absolute Gasteiger partial charge is 0.414 e. The summed E-state index contributed by atoms with van der Waals surface area (Å²) in [6, 6.07) is 6.05. The van der Waals surface area contributed by atoms with E-state index in [1.807, 2.05) is 32.0 Å². The molecule has 0 saturated carbocycles. The van der Waals surface area contributed by atoms with Gasteiger partial charge in [0.25, 0.3) is 0 Å². The highest BCUT2D eigenvalue weighted by atomic mass is 127. The highest BCUT2D eigenvalue weighted by molar-refractivity contribution is 14.1. The van der Waals surface area contributed by atoms with Crippen LogP contribution in [-0.4, -0.2) is 23.2 Å². The van der Waals surface area contributed by atoms with E-state index in [1.165, 1.54) is 0 Å². The Morgan fingerprint density at radius 1 is 1.44 bits per heavy atom. The van der Waals surface area contributed by atoms with Crippen molar-refractivity contribution < 1.29 is 9.53 Å². The first kappa shape index (κ1) is 11.7. The van der Waals surface area contributed by atoms with E-state index in [-0.39, 0.29) is 12.2 Å². The molecular formula is C12H14INO2. The van der Waals surface area contributed by atoms with Gasteiger partial charge in [0.2, 0.25) is 0 Å². The van der Waals surface area contributed by atoms with Crippen LogP contribution < -0.4 is 4.90 Å². The molecule has 1 aliphatic heterocycles. The van der Waals surface area contributed by atoms with Crippen molar-refractivity contribution in [2.24, 2.45) is 0 Å². The minimum absolute atomic E-state index is 0.0205. The first-order valence-corrected chi connectivity index (χ1v) is 6.76. The molecule has 0 N–H and O–H groups in total. The molecule has 0 aromatic heterocycles. The van der Waals surface area contributed by atoms with Crippen LogP contribution in [-0.2, 0) is 4.74 Å². The second kappa shape index (κ2) is 4.61. The number of ether oxygens (including phenoxy) is 1. The van der Waals surface area contributed by atoms with E-state index in [2.05, 4.69) is 22.6 Å². The molecule has 0 bridgehead atoms. The number of anilines is 1. The van der Waals surface area contributed by atoms with Gasteiger partial charge in [0.05, 0.1) is 12.2 Å². The SMILES string of the molecule is Cc1cccc(C)c1N1CC(CI)OC1=O. The number of benzene rings is 1. The monoisotopic (exact) mass is 331 g/mol. The summed E-state index contributed by atoms with van der Waals surface area (Å²) in [6.45, 7) is 4.70. The van der Waals surface area contributed by atoms with Crippen LogP contribution in [0.2, 0.25) is 0 Å². The Kier molecular flexibility index (Phi) is 3.37. The summed E-state index contributed by atoms with van der Waals surface area (Å²) in [5.41, 5.74) is 3.23. The van der Waals surface area contributed by atoms with E-state index in [9.17, 15) is 4.79 Å². The third kappa shape index (κ3) is 2.03. The molecule has 1 saturated heterocycles. The Bertz CT molecular complexity index is 399. The Labute approximate surface area is 109 Å². The normalized spacial score (nSPS) is 20.1. The molecule has 4 heteroatoms. The van der Waals surface area contributed by atoms with Gasteiger partial charge < -0.3 is 4.74 Å². The van der Waals surface area contributed by atoms with Gasteiger partial charge >= 0.3 is 6.09 Å². The molecule has 1 amide bonds. The van der Waals surface area contributed by atoms with Gasteiger partial charge in [-0.2, -0.15) is 0 Å². The van der Waals surface area contributed by atoms with Crippen LogP contribution in [0.4, 0.5) is 10.5 Å². The van der Waals surface area contributed by atoms with Crippen molar-refractivity contribution in [3.8, 4) is 0 Å². The fourth-order valence-electron chi connectivity index (χ4n) is 2.02. The summed E-state index contributed by atoms with van der Waals surface area (Å²) in [7, 11) is 0. The first-order chi connectivity index (χ1) is 7.63. The van der Waals surface area contributed by atoms with Crippen molar-refractivity contribution in [2.75, 3.05) is 15.9 Å². The highest BCUT2D eigenvalue weighted by Crippen LogP contribution is 2.28. The summed E-state index contributed by atoms with van der Waals surface area (Å²) in [6.07, 6.45) is -0.203. The Hall–Kier alpha value is -0.780. The van der Waals surface area contributed by atoms with Crippen LogP contribution in [0.15, 0.2) is 18.2 Å². The molecule has 1 aliphatic rings. The lowest BCUT2D eigenvalue weighted by Gasteiger charge is -2.18. The van der Waals surface area contributed by atoms with Gasteiger partial charge in [0.15, 0.2) is 0 Å². The van der Waals surface area contributed by atoms with E-state index >= 15 is 0 Å². The number of carbonyl (C=O) groups is 1. The number of carbonyl (C=O) groups excluding carboxylic acids is 1. The van der Waals surface area contributed by atoms with E-state index in [1.54, 1.807) is 4.90 Å². The predicted molar refractivity (Wildman–Crippen MR) is 72.4 cm³/mol. The lowest BCUT2D eigenvalue weighted by molar-refractivity contribution is 0.152. The van der Waals surface area contributed by atoms with Crippen LogP contribution in [0.25, 0.3) is 0 Å². The van der Waals surface area contributed by atoms with Crippen molar-refractivity contribution in [2.45, 2.75) is 20.0 Å². The number of halogens is 1. The second-order valence-electron chi connectivity index (χ2n) is 4.01. The molecule has 0 aliphatic carbocycles. The summed E-state index contributed by atoms with van der Waals surface area (Å²) in [5.74, 6) is 0.